The molecule has 0 heterocycles. The topological polar surface area (TPSA) is 87.3 Å². The average Bonchev–Trinajstić information content (AvgIpc) is 2.59. The summed E-state index contributed by atoms with van der Waals surface area (Å²) < 4.78 is 27.5. The van der Waals surface area contributed by atoms with Crippen molar-refractivity contribution in [3.8, 4) is 0 Å². The summed E-state index contributed by atoms with van der Waals surface area (Å²) in [6.07, 6.45) is 1.14. The molecule has 0 radical (unpaired) electrons. The highest BCUT2D eigenvalue weighted by molar-refractivity contribution is 7.92. The first kappa shape index (κ1) is 19.0. The number of sulfonamides is 1. The Kier molecular flexibility index (Phi) is 6.55. The van der Waals surface area contributed by atoms with Crippen molar-refractivity contribution in [2.24, 2.45) is 0 Å². The van der Waals surface area contributed by atoms with Crippen LogP contribution in [0.3, 0.4) is 0 Å². The SMILES string of the molecule is CNCCCC(=O)Nc1ccc(C)c(NS(=O)(=O)c2ccccc2)c1. The first-order valence-electron chi connectivity index (χ1n) is 8.05. The van der Waals surface area contributed by atoms with Gasteiger partial charge in [-0.1, -0.05) is 24.3 Å². The number of hydrogen-bond acceptors (Lipinski definition) is 4. The van der Waals surface area contributed by atoms with Gasteiger partial charge in [0.25, 0.3) is 10.0 Å². The van der Waals surface area contributed by atoms with Crippen LogP contribution in [0.15, 0.2) is 53.4 Å². The molecule has 6 nitrogen and oxygen atoms in total. The Morgan fingerprint density at radius 1 is 1.08 bits per heavy atom. The highest BCUT2D eigenvalue weighted by Crippen LogP contribution is 2.23. The van der Waals surface area contributed by atoms with Crippen LogP contribution < -0.4 is 15.4 Å². The van der Waals surface area contributed by atoms with E-state index < -0.39 is 10.0 Å². The number of rotatable bonds is 8. The van der Waals surface area contributed by atoms with Crippen molar-refractivity contribution in [1.29, 1.82) is 0 Å². The number of aryl methyl sites for hydroxylation is 1. The van der Waals surface area contributed by atoms with Crippen molar-refractivity contribution < 1.29 is 13.2 Å². The number of anilines is 2. The summed E-state index contributed by atoms with van der Waals surface area (Å²) in [7, 11) is -1.83. The van der Waals surface area contributed by atoms with Crippen molar-refractivity contribution in [2.45, 2.75) is 24.7 Å². The maximum Gasteiger partial charge on any atom is 0.261 e. The van der Waals surface area contributed by atoms with E-state index in [-0.39, 0.29) is 10.8 Å². The molecule has 0 bridgehead atoms. The Bertz CT molecular complexity index is 821. The number of amides is 1. The molecule has 0 unspecified atom stereocenters. The fourth-order valence-electron chi connectivity index (χ4n) is 2.26. The molecule has 7 heteroatoms. The van der Waals surface area contributed by atoms with Crippen LogP contribution in [0.1, 0.15) is 18.4 Å². The Morgan fingerprint density at radius 3 is 2.48 bits per heavy atom. The van der Waals surface area contributed by atoms with Crippen LogP contribution in [0, 0.1) is 6.92 Å². The third-order valence-electron chi connectivity index (χ3n) is 3.65. The molecule has 134 valence electrons. The van der Waals surface area contributed by atoms with E-state index in [4.69, 9.17) is 0 Å². The largest absolute Gasteiger partial charge is 0.326 e. The highest BCUT2D eigenvalue weighted by Gasteiger charge is 2.15. The van der Waals surface area contributed by atoms with Gasteiger partial charge in [-0.2, -0.15) is 0 Å². The van der Waals surface area contributed by atoms with E-state index in [0.29, 0.717) is 17.8 Å². The van der Waals surface area contributed by atoms with Gasteiger partial charge in [0, 0.05) is 12.1 Å². The second kappa shape index (κ2) is 8.64. The van der Waals surface area contributed by atoms with Gasteiger partial charge < -0.3 is 10.6 Å². The smallest absolute Gasteiger partial charge is 0.261 e. The Hall–Kier alpha value is -2.38. The number of hydrogen-bond donors (Lipinski definition) is 3. The molecule has 0 aliphatic heterocycles. The summed E-state index contributed by atoms with van der Waals surface area (Å²) in [6.45, 7) is 2.57. The monoisotopic (exact) mass is 361 g/mol. The maximum absolute atomic E-state index is 12.5. The minimum Gasteiger partial charge on any atom is -0.326 e. The molecule has 0 spiro atoms. The van der Waals surface area contributed by atoms with Gasteiger partial charge in [-0.25, -0.2) is 8.42 Å². The van der Waals surface area contributed by atoms with Gasteiger partial charge in [0.15, 0.2) is 0 Å². The third kappa shape index (κ3) is 5.58. The predicted molar refractivity (Wildman–Crippen MR) is 100 cm³/mol. The average molecular weight is 361 g/mol. The molecular formula is C18H23N3O3S. The summed E-state index contributed by atoms with van der Waals surface area (Å²) >= 11 is 0. The van der Waals surface area contributed by atoms with Gasteiger partial charge in [0.2, 0.25) is 5.91 Å². The van der Waals surface area contributed by atoms with Crippen LogP contribution in [0.2, 0.25) is 0 Å². The summed E-state index contributed by atoms with van der Waals surface area (Å²) in [6, 6.07) is 13.3. The molecule has 2 aromatic carbocycles. The first-order valence-corrected chi connectivity index (χ1v) is 9.53. The molecule has 25 heavy (non-hydrogen) atoms. The molecule has 0 saturated carbocycles. The fraction of sp³-hybridized carbons (Fsp3) is 0.278. The Labute approximate surface area is 148 Å². The lowest BCUT2D eigenvalue weighted by Crippen LogP contribution is -2.16. The van der Waals surface area contributed by atoms with E-state index in [1.54, 1.807) is 43.3 Å². The lowest BCUT2D eigenvalue weighted by atomic mass is 10.2. The van der Waals surface area contributed by atoms with Crippen LogP contribution >= 0.6 is 0 Å². The fourth-order valence-corrected chi connectivity index (χ4v) is 3.40. The van der Waals surface area contributed by atoms with Gasteiger partial charge in [0.05, 0.1) is 10.6 Å². The lowest BCUT2D eigenvalue weighted by Gasteiger charge is -2.13. The van der Waals surface area contributed by atoms with Crippen LogP contribution in [-0.4, -0.2) is 27.9 Å². The van der Waals surface area contributed by atoms with Gasteiger partial charge in [-0.3, -0.25) is 9.52 Å². The van der Waals surface area contributed by atoms with E-state index in [1.165, 1.54) is 12.1 Å². The molecule has 1 amide bonds. The van der Waals surface area contributed by atoms with Crippen LogP contribution in [0.4, 0.5) is 11.4 Å². The maximum atomic E-state index is 12.5. The predicted octanol–water partition coefficient (Wildman–Crippen LogP) is 2.73. The molecule has 0 saturated heterocycles. The van der Waals surface area contributed by atoms with Crippen LogP contribution in [0.5, 0.6) is 0 Å². The molecule has 2 aromatic rings. The minimum absolute atomic E-state index is 0.101. The second-order valence-electron chi connectivity index (χ2n) is 5.70. The standard InChI is InChI=1S/C18H23N3O3S/c1-14-10-11-15(20-18(22)9-6-12-19-2)13-17(14)21-25(23,24)16-7-4-3-5-8-16/h3-5,7-8,10-11,13,19,21H,6,9,12H2,1-2H3,(H,20,22). The Morgan fingerprint density at radius 2 is 1.80 bits per heavy atom. The van der Waals surface area contributed by atoms with E-state index >= 15 is 0 Å². The van der Waals surface area contributed by atoms with Crippen molar-refractivity contribution in [3.63, 3.8) is 0 Å². The third-order valence-corrected chi connectivity index (χ3v) is 5.03. The summed E-state index contributed by atoms with van der Waals surface area (Å²) in [5, 5.41) is 5.78. The summed E-state index contributed by atoms with van der Waals surface area (Å²) in [4.78, 5) is 12.1. The number of benzene rings is 2. The zero-order chi connectivity index (χ0) is 18.3. The number of nitrogens with one attached hydrogen (secondary N) is 3. The van der Waals surface area contributed by atoms with Crippen LogP contribution in [-0.2, 0) is 14.8 Å². The van der Waals surface area contributed by atoms with Gasteiger partial charge >= 0.3 is 0 Å². The number of carbonyl (C=O) groups is 1. The second-order valence-corrected chi connectivity index (χ2v) is 7.39. The van der Waals surface area contributed by atoms with Gasteiger partial charge in [-0.05, 0) is 56.8 Å². The number of carbonyl (C=O) groups excluding carboxylic acids is 1. The van der Waals surface area contributed by atoms with Crippen molar-refractivity contribution in [3.05, 3.63) is 54.1 Å². The normalized spacial score (nSPS) is 11.1. The molecular weight excluding hydrogens is 338 g/mol. The summed E-state index contributed by atoms with van der Waals surface area (Å²) in [5.74, 6) is -0.101. The van der Waals surface area contributed by atoms with Crippen molar-refractivity contribution in [1.82, 2.24) is 5.32 Å². The summed E-state index contributed by atoms with van der Waals surface area (Å²) in [5.41, 5.74) is 1.77. The zero-order valence-corrected chi connectivity index (χ0v) is 15.2. The molecule has 0 atom stereocenters. The molecule has 3 N–H and O–H groups in total. The van der Waals surface area contributed by atoms with Crippen molar-refractivity contribution in [2.75, 3.05) is 23.6 Å². The van der Waals surface area contributed by atoms with E-state index in [1.807, 2.05) is 7.05 Å². The zero-order valence-electron chi connectivity index (χ0n) is 14.4. The van der Waals surface area contributed by atoms with Gasteiger partial charge in [0.1, 0.15) is 0 Å². The van der Waals surface area contributed by atoms with E-state index in [9.17, 15) is 13.2 Å². The van der Waals surface area contributed by atoms with Crippen LogP contribution in [0.25, 0.3) is 0 Å². The molecule has 2 rings (SSSR count). The highest BCUT2D eigenvalue weighted by atomic mass is 32.2. The molecule has 0 fully saturated rings. The first-order chi connectivity index (χ1) is 11.9. The van der Waals surface area contributed by atoms with E-state index in [0.717, 1.165) is 18.5 Å². The molecule has 0 aromatic heterocycles. The minimum atomic E-state index is -3.67. The van der Waals surface area contributed by atoms with E-state index in [2.05, 4.69) is 15.4 Å². The van der Waals surface area contributed by atoms with Crippen molar-refractivity contribution >= 4 is 27.3 Å². The molecule has 0 aliphatic rings. The molecule has 0 aliphatic carbocycles. The quantitative estimate of drug-likeness (QED) is 0.631. The lowest BCUT2D eigenvalue weighted by molar-refractivity contribution is -0.116. The van der Waals surface area contributed by atoms with Gasteiger partial charge in [-0.15, -0.1) is 0 Å². The Balaban J connectivity index is 2.12.